The molecule has 0 bridgehead atoms. The maximum Gasteiger partial charge on any atom is 0.252 e. The second-order valence-electron chi connectivity index (χ2n) is 6.00. The third-order valence-electron chi connectivity index (χ3n) is 4.71. The van der Waals surface area contributed by atoms with E-state index in [9.17, 15) is 4.79 Å². The van der Waals surface area contributed by atoms with Crippen LogP contribution in [0.2, 0.25) is 0 Å². The average Bonchev–Trinajstić information content (AvgIpc) is 2.53. The van der Waals surface area contributed by atoms with Gasteiger partial charge in [-0.2, -0.15) is 0 Å². The van der Waals surface area contributed by atoms with Gasteiger partial charge in [-0.15, -0.1) is 0 Å². The van der Waals surface area contributed by atoms with Gasteiger partial charge in [0, 0.05) is 30.2 Å². The monoisotopic (exact) mass is 285 g/mol. The fourth-order valence-electron chi connectivity index (χ4n) is 3.41. The first-order chi connectivity index (χ1) is 10.2. The van der Waals surface area contributed by atoms with E-state index in [2.05, 4.69) is 11.4 Å². The molecule has 3 N–H and O–H groups in total. The first-order valence-corrected chi connectivity index (χ1v) is 7.76. The lowest BCUT2D eigenvalue weighted by atomic mass is 9.84. The topological polar surface area (TPSA) is 60.0 Å². The molecule has 1 aromatic heterocycles. The highest BCUT2D eigenvalue weighted by molar-refractivity contribution is 5.91. The van der Waals surface area contributed by atoms with Crippen molar-refractivity contribution in [3.63, 3.8) is 0 Å². The number of para-hydroxylation sites is 1. The van der Waals surface area contributed by atoms with Crippen LogP contribution < -0.4 is 16.6 Å². The van der Waals surface area contributed by atoms with E-state index in [1.807, 2.05) is 25.2 Å². The summed E-state index contributed by atoms with van der Waals surface area (Å²) in [6.45, 7) is 0.709. The second-order valence-corrected chi connectivity index (χ2v) is 6.00. The van der Waals surface area contributed by atoms with Crippen LogP contribution in [-0.4, -0.2) is 17.2 Å². The van der Waals surface area contributed by atoms with E-state index in [1.54, 1.807) is 10.6 Å². The van der Waals surface area contributed by atoms with Crippen molar-refractivity contribution in [2.75, 3.05) is 11.9 Å². The Morgan fingerprint density at radius 3 is 2.86 bits per heavy atom. The molecule has 1 heterocycles. The Balaban J connectivity index is 2.00. The zero-order valence-electron chi connectivity index (χ0n) is 12.5. The zero-order valence-corrected chi connectivity index (χ0v) is 12.5. The fraction of sp³-hybridized carbons (Fsp3) is 0.471. The van der Waals surface area contributed by atoms with Crippen molar-refractivity contribution in [3.8, 4) is 0 Å². The lowest BCUT2D eigenvalue weighted by molar-refractivity contribution is 0.333. The number of nitrogens with one attached hydrogen (secondary N) is 1. The summed E-state index contributed by atoms with van der Waals surface area (Å²) in [5.74, 6) is 0.501. The predicted octanol–water partition coefficient (Wildman–Crippen LogP) is 2.47. The van der Waals surface area contributed by atoms with E-state index in [1.165, 1.54) is 19.3 Å². The standard InChI is InChI=1S/C17H23N3O/c1-20-16-9-5-3-7-13(16)15(10-17(20)21)19-14-8-4-2-6-12(14)11-18/h3,5,7,9-10,12,14,19H,2,4,6,8,11,18H2,1H3. The van der Waals surface area contributed by atoms with Crippen LogP contribution in [0.15, 0.2) is 35.1 Å². The molecule has 2 atom stereocenters. The van der Waals surface area contributed by atoms with Gasteiger partial charge < -0.3 is 15.6 Å². The van der Waals surface area contributed by atoms with Crippen molar-refractivity contribution < 1.29 is 0 Å². The number of fused-ring (bicyclic) bond motifs is 1. The zero-order chi connectivity index (χ0) is 14.8. The molecule has 1 aliphatic carbocycles. The molecule has 0 spiro atoms. The summed E-state index contributed by atoms with van der Waals surface area (Å²) in [6.07, 6.45) is 4.80. The number of hydrogen-bond donors (Lipinski definition) is 2. The number of aromatic nitrogens is 1. The molecule has 0 amide bonds. The number of aryl methyl sites for hydroxylation is 1. The Bertz CT molecular complexity index is 692. The molecule has 1 saturated carbocycles. The highest BCUT2D eigenvalue weighted by Crippen LogP contribution is 2.29. The van der Waals surface area contributed by atoms with E-state index in [4.69, 9.17) is 5.73 Å². The molecule has 112 valence electrons. The minimum Gasteiger partial charge on any atom is -0.381 e. The smallest absolute Gasteiger partial charge is 0.252 e. The second kappa shape index (κ2) is 5.90. The number of hydrogen-bond acceptors (Lipinski definition) is 3. The van der Waals surface area contributed by atoms with E-state index < -0.39 is 0 Å². The molecule has 4 nitrogen and oxygen atoms in total. The van der Waals surface area contributed by atoms with E-state index in [-0.39, 0.29) is 5.56 Å². The Hall–Kier alpha value is -1.81. The highest BCUT2D eigenvalue weighted by atomic mass is 16.1. The van der Waals surface area contributed by atoms with Crippen molar-refractivity contribution >= 4 is 16.6 Å². The van der Waals surface area contributed by atoms with Crippen LogP contribution in [0.3, 0.4) is 0 Å². The van der Waals surface area contributed by atoms with Crippen LogP contribution in [0.25, 0.3) is 10.9 Å². The lowest BCUT2D eigenvalue weighted by Gasteiger charge is -2.32. The van der Waals surface area contributed by atoms with Gasteiger partial charge in [-0.1, -0.05) is 31.0 Å². The highest BCUT2D eigenvalue weighted by Gasteiger charge is 2.24. The summed E-state index contributed by atoms with van der Waals surface area (Å²) >= 11 is 0. The number of rotatable bonds is 3. The van der Waals surface area contributed by atoms with Crippen molar-refractivity contribution in [3.05, 3.63) is 40.7 Å². The number of anilines is 1. The summed E-state index contributed by atoms with van der Waals surface area (Å²) in [5.41, 5.74) is 7.84. The van der Waals surface area contributed by atoms with Crippen molar-refractivity contribution in [1.82, 2.24) is 4.57 Å². The Morgan fingerprint density at radius 1 is 1.29 bits per heavy atom. The molecule has 2 aromatic rings. The molecular formula is C17H23N3O. The molecule has 0 aliphatic heterocycles. The Labute approximate surface area is 125 Å². The minimum atomic E-state index is 0.0244. The average molecular weight is 285 g/mol. The largest absolute Gasteiger partial charge is 0.381 e. The molecule has 2 unspecified atom stereocenters. The van der Waals surface area contributed by atoms with Gasteiger partial charge in [0.1, 0.15) is 0 Å². The first-order valence-electron chi connectivity index (χ1n) is 7.76. The molecule has 4 heteroatoms. The molecule has 1 aliphatic rings. The molecule has 21 heavy (non-hydrogen) atoms. The molecule has 1 fully saturated rings. The van der Waals surface area contributed by atoms with Gasteiger partial charge >= 0.3 is 0 Å². The van der Waals surface area contributed by atoms with Gasteiger partial charge in [-0.05, 0) is 31.4 Å². The van der Waals surface area contributed by atoms with Crippen LogP contribution >= 0.6 is 0 Å². The third-order valence-corrected chi connectivity index (χ3v) is 4.71. The number of benzene rings is 1. The van der Waals surface area contributed by atoms with Gasteiger partial charge in [-0.25, -0.2) is 0 Å². The fourth-order valence-corrected chi connectivity index (χ4v) is 3.41. The number of nitrogens with two attached hydrogens (primary N) is 1. The maximum absolute atomic E-state index is 12.1. The van der Waals surface area contributed by atoms with E-state index in [0.29, 0.717) is 18.5 Å². The van der Waals surface area contributed by atoms with Crippen LogP contribution in [-0.2, 0) is 7.05 Å². The van der Waals surface area contributed by atoms with Crippen molar-refractivity contribution in [2.24, 2.45) is 18.7 Å². The third kappa shape index (κ3) is 2.68. The minimum absolute atomic E-state index is 0.0244. The summed E-state index contributed by atoms with van der Waals surface area (Å²) in [6, 6.07) is 10.1. The molecule has 0 saturated heterocycles. The van der Waals surface area contributed by atoms with Gasteiger partial charge in [0.05, 0.1) is 5.52 Å². The summed E-state index contributed by atoms with van der Waals surface area (Å²) in [5, 5.41) is 4.70. The lowest BCUT2D eigenvalue weighted by Crippen LogP contribution is -2.37. The van der Waals surface area contributed by atoms with Crippen LogP contribution in [0.1, 0.15) is 25.7 Å². The molecule has 1 aromatic carbocycles. The SMILES string of the molecule is Cn1c(=O)cc(NC2CCCCC2CN)c2ccccc21. The molecule has 3 rings (SSSR count). The van der Waals surface area contributed by atoms with Crippen LogP contribution in [0.5, 0.6) is 0 Å². The first kappa shape index (κ1) is 14.1. The van der Waals surface area contributed by atoms with E-state index >= 15 is 0 Å². The Morgan fingerprint density at radius 2 is 2.05 bits per heavy atom. The normalized spacial score (nSPS) is 22.4. The van der Waals surface area contributed by atoms with Gasteiger partial charge in [-0.3, -0.25) is 4.79 Å². The quantitative estimate of drug-likeness (QED) is 0.910. The Kier molecular flexibility index (Phi) is 3.97. The molecular weight excluding hydrogens is 262 g/mol. The van der Waals surface area contributed by atoms with Crippen LogP contribution in [0.4, 0.5) is 5.69 Å². The summed E-state index contributed by atoms with van der Waals surface area (Å²) in [7, 11) is 1.82. The van der Waals surface area contributed by atoms with Crippen LogP contribution in [0, 0.1) is 5.92 Å². The summed E-state index contributed by atoms with van der Waals surface area (Å²) in [4.78, 5) is 12.1. The van der Waals surface area contributed by atoms with Gasteiger partial charge in [0.2, 0.25) is 0 Å². The number of pyridine rings is 1. The maximum atomic E-state index is 12.1. The van der Waals surface area contributed by atoms with Crippen molar-refractivity contribution in [1.29, 1.82) is 0 Å². The van der Waals surface area contributed by atoms with Crippen molar-refractivity contribution in [2.45, 2.75) is 31.7 Å². The van der Waals surface area contributed by atoms with Gasteiger partial charge in [0.25, 0.3) is 5.56 Å². The van der Waals surface area contributed by atoms with E-state index in [0.717, 1.165) is 23.0 Å². The number of nitrogens with zero attached hydrogens (tertiary/aromatic N) is 1. The van der Waals surface area contributed by atoms with Gasteiger partial charge in [0.15, 0.2) is 0 Å². The predicted molar refractivity (Wildman–Crippen MR) is 87.6 cm³/mol. The summed E-state index contributed by atoms with van der Waals surface area (Å²) < 4.78 is 1.70. The molecule has 0 radical (unpaired) electrons.